The normalized spacial score (nSPS) is 61.3. The molecule has 0 aromatic rings. The van der Waals surface area contributed by atoms with Crippen LogP contribution in [-0.4, -0.2) is 104 Å². The third kappa shape index (κ3) is 2.29. The van der Waals surface area contributed by atoms with Crippen LogP contribution in [0.1, 0.15) is 47.5 Å². The highest BCUT2D eigenvalue weighted by Crippen LogP contribution is 2.78. The molecular formula is C30H34O13. The van der Waals surface area contributed by atoms with E-state index in [9.17, 15) is 34.5 Å². The Labute approximate surface area is 245 Å². The molecule has 13 nitrogen and oxygen atoms in total. The number of carbonyl (C=O) groups excluding carboxylic acids is 4. The third-order valence-corrected chi connectivity index (χ3v) is 13.4. The molecule has 3 N–H and O–H groups in total. The van der Waals surface area contributed by atoms with Crippen molar-refractivity contribution in [2.75, 3.05) is 0 Å². The zero-order chi connectivity index (χ0) is 30.8. The van der Waals surface area contributed by atoms with Gasteiger partial charge < -0.3 is 43.7 Å². The molecule has 0 aromatic carbocycles. The second-order valence-electron chi connectivity index (χ2n) is 15.3. The number of hydrogen-bond acceptors (Lipinski definition) is 13. The van der Waals surface area contributed by atoms with Crippen molar-refractivity contribution >= 4 is 23.9 Å². The first-order valence-electron chi connectivity index (χ1n) is 14.9. The van der Waals surface area contributed by atoms with Gasteiger partial charge in [0.2, 0.25) is 11.2 Å². The second kappa shape index (κ2) is 6.81. The molecule has 4 bridgehead atoms. The zero-order valence-electron chi connectivity index (χ0n) is 24.3. The molecule has 5 unspecified atom stereocenters. The van der Waals surface area contributed by atoms with E-state index in [0.717, 1.165) is 5.57 Å². The minimum absolute atomic E-state index is 0.189. The lowest BCUT2D eigenvalue weighted by Crippen LogP contribution is -2.68. The highest BCUT2D eigenvalue weighted by molar-refractivity contribution is 5.92. The summed E-state index contributed by atoms with van der Waals surface area (Å²) in [6, 6.07) is 0. The number of aliphatic hydroxyl groups is 3. The Kier molecular flexibility index (Phi) is 4.24. The van der Waals surface area contributed by atoms with E-state index in [4.69, 9.17) is 28.4 Å². The summed E-state index contributed by atoms with van der Waals surface area (Å²) in [5.74, 6) is -4.37. The van der Waals surface area contributed by atoms with Crippen LogP contribution in [0.3, 0.4) is 0 Å². The lowest BCUT2D eigenvalue weighted by molar-refractivity contribution is -0.223. The first-order valence-corrected chi connectivity index (χ1v) is 14.9. The predicted molar refractivity (Wildman–Crippen MR) is 135 cm³/mol. The Morgan fingerprint density at radius 3 is 1.72 bits per heavy atom. The van der Waals surface area contributed by atoms with Crippen LogP contribution in [0.25, 0.3) is 0 Å². The van der Waals surface area contributed by atoms with E-state index < -0.39 is 111 Å². The van der Waals surface area contributed by atoms with Crippen LogP contribution in [0, 0.1) is 34.5 Å². The molecule has 4 aliphatic carbocycles. The highest BCUT2D eigenvalue weighted by Gasteiger charge is 2.97. The van der Waals surface area contributed by atoms with E-state index in [0.29, 0.717) is 0 Å². The van der Waals surface area contributed by atoms with Crippen LogP contribution in [0.2, 0.25) is 0 Å². The van der Waals surface area contributed by atoms with Crippen LogP contribution in [-0.2, 0) is 47.6 Å². The van der Waals surface area contributed by atoms with Crippen LogP contribution in [0.4, 0.5) is 0 Å². The van der Waals surface area contributed by atoms with E-state index in [1.165, 1.54) is 0 Å². The van der Waals surface area contributed by atoms with E-state index in [2.05, 4.69) is 6.58 Å². The van der Waals surface area contributed by atoms with Gasteiger partial charge in [-0.1, -0.05) is 12.2 Å². The molecule has 4 saturated carbocycles. The Morgan fingerprint density at radius 2 is 1.23 bits per heavy atom. The average molecular weight is 603 g/mol. The summed E-state index contributed by atoms with van der Waals surface area (Å²) in [5.41, 5.74) is -7.49. The molecule has 232 valence electrons. The topological polar surface area (TPSA) is 191 Å². The maximum Gasteiger partial charge on any atom is 0.342 e. The maximum atomic E-state index is 12.4. The van der Waals surface area contributed by atoms with Crippen molar-refractivity contribution in [2.45, 2.75) is 112 Å². The van der Waals surface area contributed by atoms with Gasteiger partial charge >= 0.3 is 23.9 Å². The van der Waals surface area contributed by atoms with Crippen molar-refractivity contribution in [3.05, 3.63) is 12.2 Å². The van der Waals surface area contributed by atoms with Gasteiger partial charge in [-0.3, -0.25) is 9.59 Å². The van der Waals surface area contributed by atoms with Crippen LogP contribution >= 0.6 is 0 Å². The number of carbonyl (C=O) groups is 4. The molecule has 10 aliphatic rings. The number of fused-ring (bicyclic) bond motifs is 8. The monoisotopic (exact) mass is 602 g/mol. The molecule has 6 aliphatic heterocycles. The van der Waals surface area contributed by atoms with E-state index in [-0.39, 0.29) is 24.9 Å². The minimum Gasteiger partial charge on any atom is -0.458 e. The Bertz CT molecular complexity index is 1500. The van der Waals surface area contributed by atoms with Gasteiger partial charge in [-0.2, -0.15) is 0 Å². The molecule has 0 amide bonds. The summed E-state index contributed by atoms with van der Waals surface area (Å²) in [6.07, 6.45) is -3.12. The van der Waals surface area contributed by atoms with E-state index in [1.807, 2.05) is 6.92 Å². The predicted octanol–water partition coefficient (Wildman–Crippen LogP) is -0.929. The van der Waals surface area contributed by atoms with Crippen molar-refractivity contribution < 1.29 is 62.9 Å². The molecular weight excluding hydrogens is 568 g/mol. The lowest BCUT2D eigenvalue weighted by Gasteiger charge is -2.53. The molecule has 2 spiro atoms. The maximum absolute atomic E-state index is 12.4. The molecule has 13 heteroatoms. The first kappa shape index (κ1) is 26.8. The van der Waals surface area contributed by atoms with Gasteiger partial charge in [0, 0.05) is 24.7 Å². The summed E-state index contributed by atoms with van der Waals surface area (Å²) in [4.78, 5) is 49.4. The SMILES string of the molecule is C=C(C)[C@@H]1C2OC(=O)C1[C@]1(O)C[C@H]3O[C@]34C(=O)O[C@H]2[C@]14C.CC(C)(O)C1C2OC(=O)C1[C@]1(O)C[C@H]3O[C@]34C(=O)O[C@H]2[C@]14C. The number of ether oxygens (including phenoxy) is 6. The van der Waals surface area contributed by atoms with Crippen LogP contribution in [0.15, 0.2) is 12.2 Å². The molecule has 0 aromatic heterocycles. The number of rotatable bonds is 2. The summed E-state index contributed by atoms with van der Waals surface area (Å²) in [7, 11) is 0. The third-order valence-electron chi connectivity index (χ3n) is 13.4. The molecule has 6 heterocycles. The van der Waals surface area contributed by atoms with E-state index >= 15 is 0 Å². The molecule has 6 saturated heterocycles. The smallest absolute Gasteiger partial charge is 0.342 e. The lowest BCUT2D eigenvalue weighted by atomic mass is 9.52. The minimum atomic E-state index is -1.47. The summed E-state index contributed by atoms with van der Waals surface area (Å²) < 4.78 is 33.2. The summed E-state index contributed by atoms with van der Waals surface area (Å²) in [5, 5.41) is 33.3. The van der Waals surface area contributed by atoms with Gasteiger partial charge in [-0.05, 0) is 34.6 Å². The Morgan fingerprint density at radius 1 is 0.791 bits per heavy atom. The summed E-state index contributed by atoms with van der Waals surface area (Å²) in [6.45, 7) is 12.5. The first-order chi connectivity index (χ1) is 19.9. The van der Waals surface area contributed by atoms with Gasteiger partial charge in [0.15, 0.2) is 12.2 Å². The quantitative estimate of drug-likeness (QED) is 0.152. The van der Waals surface area contributed by atoms with Crippen molar-refractivity contribution in [1.29, 1.82) is 0 Å². The summed E-state index contributed by atoms with van der Waals surface area (Å²) >= 11 is 0. The van der Waals surface area contributed by atoms with Crippen LogP contribution < -0.4 is 0 Å². The zero-order valence-corrected chi connectivity index (χ0v) is 24.3. The molecule has 0 radical (unpaired) electrons. The van der Waals surface area contributed by atoms with Gasteiger partial charge in [0.05, 0.1) is 39.5 Å². The Hall–Kier alpha value is -2.58. The van der Waals surface area contributed by atoms with Gasteiger partial charge in [0.1, 0.15) is 24.4 Å². The molecule has 43 heavy (non-hydrogen) atoms. The fraction of sp³-hybridized carbons (Fsp3) is 0.800. The van der Waals surface area contributed by atoms with Crippen molar-refractivity contribution in [3.8, 4) is 0 Å². The number of hydrogen-bond donors (Lipinski definition) is 3. The van der Waals surface area contributed by atoms with Crippen molar-refractivity contribution in [3.63, 3.8) is 0 Å². The van der Waals surface area contributed by atoms with Gasteiger partial charge in [0.25, 0.3) is 0 Å². The number of esters is 4. The molecule has 16 atom stereocenters. The van der Waals surface area contributed by atoms with Crippen LogP contribution in [0.5, 0.6) is 0 Å². The Balaban J connectivity index is 0.000000121. The van der Waals surface area contributed by atoms with Gasteiger partial charge in [-0.15, -0.1) is 0 Å². The van der Waals surface area contributed by atoms with Crippen molar-refractivity contribution in [1.82, 2.24) is 0 Å². The standard InChI is InChI=1S/C15H18O7.C15H16O6/c1-12(2,18)6-7-10(16)20-8(6)9-13(3)14(7,19)4-5-15(13,22-5)11(17)21-9;1-5(2)7-8-11(16)19-9(7)10-13(3)14(8,18)4-6-15(13,21-6)12(17)20-10/h5-9,18-19H,4H2,1-3H3;6-10,18H,1,4H2,2-3H3/t5-,6?,7?,8?,9-,13-,14-,15+;6-,7+,8?,9?,10-,13-,14-,15+/m11/s1. The van der Waals surface area contributed by atoms with Crippen molar-refractivity contribution in [2.24, 2.45) is 34.5 Å². The number of epoxide rings is 2. The average Bonchev–Trinajstić information content (AvgIpc) is 3.58. The highest BCUT2D eigenvalue weighted by atomic mass is 16.7. The second-order valence-corrected chi connectivity index (χ2v) is 15.3. The van der Waals surface area contributed by atoms with Gasteiger partial charge in [-0.25, -0.2) is 9.59 Å². The molecule has 10 fully saturated rings. The largest absolute Gasteiger partial charge is 0.458 e. The molecule has 10 rings (SSSR count). The fourth-order valence-electron chi connectivity index (χ4n) is 11.4. The van der Waals surface area contributed by atoms with E-state index in [1.54, 1.807) is 27.7 Å². The fourth-order valence-corrected chi connectivity index (χ4v) is 11.4.